The largest absolute Gasteiger partial charge is 0.508 e. The highest BCUT2D eigenvalue weighted by atomic mass is 32.1. The summed E-state index contributed by atoms with van der Waals surface area (Å²) in [6, 6.07) is 10.4. The van der Waals surface area contributed by atoms with Crippen LogP contribution in [0.15, 0.2) is 35.7 Å². The van der Waals surface area contributed by atoms with Crippen molar-refractivity contribution in [2.45, 2.75) is 38.9 Å². The first-order valence-corrected chi connectivity index (χ1v) is 8.85. The van der Waals surface area contributed by atoms with Gasteiger partial charge in [-0.3, -0.25) is 4.90 Å². The second-order valence-corrected chi connectivity index (χ2v) is 7.15. The molecule has 2 heterocycles. The molecule has 1 aromatic carbocycles. The van der Waals surface area contributed by atoms with Crippen LogP contribution in [-0.4, -0.2) is 29.1 Å². The summed E-state index contributed by atoms with van der Waals surface area (Å²) in [4.78, 5) is 3.93. The molecule has 2 aromatic rings. The Labute approximate surface area is 136 Å². The summed E-state index contributed by atoms with van der Waals surface area (Å²) in [6.45, 7) is 6.31. The van der Waals surface area contributed by atoms with Gasteiger partial charge in [-0.05, 0) is 61.0 Å². The number of nitrogens with zero attached hydrogens (tertiary/aromatic N) is 1. The highest BCUT2D eigenvalue weighted by Gasteiger charge is 2.19. The number of rotatable bonds is 5. The molecule has 1 aliphatic rings. The molecule has 0 radical (unpaired) electrons. The monoisotopic (exact) mass is 316 g/mol. The van der Waals surface area contributed by atoms with Gasteiger partial charge in [0.15, 0.2) is 0 Å². The number of nitrogens with one attached hydrogen (secondary N) is 1. The molecule has 1 aromatic heterocycles. The molecule has 1 aliphatic heterocycles. The zero-order valence-corrected chi connectivity index (χ0v) is 13.9. The Morgan fingerprint density at radius 3 is 3.05 bits per heavy atom. The Hall–Kier alpha value is -1.36. The summed E-state index contributed by atoms with van der Waals surface area (Å²) in [5.41, 5.74) is 2.58. The minimum Gasteiger partial charge on any atom is -0.508 e. The van der Waals surface area contributed by atoms with Crippen LogP contribution in [0.3, 0.4) is 0 Å². The van der Waals surface area contributed by atoms with Gasteiger partial charge in [-0.15, -0.1) is 11.3 Å². The van der Waals surface area contributed by atoms with E-state index in [9.17, 15) is 5.11 Å². The van der Waals surface area contributed by atoms with Crippen LogP contribution < -0.4 is 5.32 Å². The average molecular weight is 316 g/mol. The van der Waals surface area contributed by atoms with Crippen LogP contribution in [0.1, 0.15) is 28.8 Å². The zero-order valence-electron chi connectivity index (χ0n) is 13.1. The van der Waals surface area contributed by atoms with Crippen molar-refractivity contribution in [1.82, 2.24) is 10.2 Å². The summed E-state index contributed by atoms with van der Waals surface area (Å²) in [5.74, 6) is 0.359. The smallest absolute Gasteiger partial charge is 0.115 e. The molecule has 0 aliphatic carbocycles. The third kappa shape index (κ3) is 4.09. The van der Waals surface area contributed by atoms with Gasteiger partial charge in [0.2, 0.25) is 0 Å². The van der Waals surface area contributed by atoms with Crippen LogP contribution in [-0.2, 0) is 13.1 Å². The predicted octanol–water partition coefficient (Wildman–Crippen LogP) is 3.52. The van der Waals surface area contributed by atoms with Crippen LogP contribution in [0.4, 0.5) is 0 Å². The molecular weight excluding hydrogens is 292 g/mol. The van der Waals surface area contributed by atoms with Gasteiger partial charge in [0.25, 0.3) is 0 Å². The maximum Gasteiger partial charge on any atom is 0.115 e. The third-order valence-corrected chi connectivity index (χ3v) is 5.36. The van der Waals surface area contributed by atoms with E-state index in [2.05, 4.69) is 34.7 Å². The van der Waals surface area contributed by atoms with Crippen molar-refractivity contribution in [1.29, 1.82) is 0 Å². The Morgan fingerprint density at radius 1 is 1.36 bits per heavy atom. The first-order valence-electron chi connectivity index (χ1n) is 7.97. The molecule has 4 heteroatoms. The van der Waals surface area contributed by atoms with Crippen molar-refractivity contribution < 1.29 is 5.11 Å². The lowest BCUT2D eigenvalue weighted by atomic mass is 10.0. The van der Waals surface area contributed by atoms with Gasteiger partial charge in [0, 0.05) is 30.6 Å². The lowest BCUT2D eigenvalue weighted by Gasteiger charge is -2.33. The first kappa shape index (κ1) is 15.5. The van der Waals surface area contributed by atoms with Gasteiger partial charge in [0.1, 0.15) is 5.75 Å². The van der Waals surface area contributed by atoms with E-state index in [1.807, 2.05) is 23.5 Å². The Bertz CT molecular complexity index is 611. The number of phenols is 1. The third-order valence-electron chi connectivity index (χ3n) is 4.34. The van der Waals surface area contributed by atoms with E-state index in [0.29, 0.717) is 11.8 Å². The van der Waals surface area contributed by atoms with E-state index < -0.39 is 0 Å². The number of benzene rings is 1. The quantitative estimate of drug-likeness (QED) is 0.886. The van der Waals surface area contributed by atoms with Crippen LogP contribution in [0.5, 0.6) is 5.75 Å². The highest BCUT2D eigenvalue weighted by molar-refractivity contribution is 7.10. The van der Waals surface area contributed by atoms with Crippen molar-refractivity contribution in [2.75, 3.05) is 13.1 Å². The molecule has 0 bridgehead atoms. The van der Waals surface area contributed by atoms with Crippen LogP contribution in [0.2, 0.25) is 0 Å². The SMILES string of the molecule is Cc1ccsc1CNC1CCCN(Cc2cccc(O)c2)C1. The summed E-state index contributed by atoms with van der Waals surface area (Å²) in [6.07, 6.45) is 2.49. The Kier molecular flexibility index (Phi) is 5.13. The Balaban J connectivity index is 1.52. The van der Waals surface area contributed by atoms with Crippen molar-refractivity contribution in [3.05, 3.63) is 51.7 Å². The fourth-order valence-corrected chi connectivity index (χ4v) is 3.96. The molecule has 0 spiro atoms. The molecular formula is C18H24N2OS. The molecule has 3 rings (SSSR count). The number of aryl methyl sites for hydroxylation is 1. The standard InChI is InChI=1S/C18H24N2OS/c1-14-7-9-22-18(14)11-19-16-5-3-8-20(13-16)12-15-4-2-6-17(21)10-15/h2,4,6-7,9-10,16,19,21H,3,5,8,11-13H2,1H3. The van der Waals surface area contributed by atoms with E-state index in [0.717, 1.165) is 26.2 Å². The van der Waals surface area contributed by atoms with E-state index >= 15 is 0 Å². The number of hydrogen-bond acceptors (Lipinski definition) is 4. The molecule has 1 atom stereocenters. The van der Waals surface area contributed by atoms with Gasteiger partial charge in [0.05, 0.1) is 0 Å². The summed E-state index contributed by atoms with van der Waals surface area (Å²) in [7, 11) is 0. The molecule has 0 saturated carbocycles. The maximum absolute atomic E-state index is 9.58. The van der Waals surface area contributed by atoms with Crippen LogP contribution >= 0.6 is 11.3 Å². The van der Waals surface area contributed by atoms with Gasteiger partial charge in [-0.1, -0.05) is 12.1 Å². The van der Waals surface area contributed by atoms with Crippen molar-refractivity contribution in [2.24, 2.45) is 0 Å². The lowest BCUT2D eigenvalue weighted by molar-refractivity contribution is 0.183. The molecule has 1 saturated heterocycles. The van der Waals surface area contributed by atoms with Gasteiger partial charge in [-0.25, -0.2) is 0 Å². The van der Waals surface area contributed by atoms with Gasteiger partial charge < -0.3 is 10.4 Å². The molecule has 1 unspecified atom stereocenters. The first-order chi connectivity index (χ1) is 10.7. The Morgan fingerprint density at radius 2 is 2.27 bits per heavy atom. The van der Waals surface area contributed by atoms with Crippen molar-refractivity contribution >= 4 is 11.3 Å². The average Bonchev–Trinajstić information content (AvgIpc) is 2.91. The summed E-state index contributed by atoms with van der Waals surface area (Å²) < 4.78 is 0. The molecule has 0 amide bonds. The molecule has 2 N–H and O–H groups in total. The predicted molar refractivity (Wildman–Crippen MR) is 92.3 cm³/mol. The van der Waals surface area contributed by atoms with Gasteiger partial charge in [-0.2, -0.15) is 0 Å². The van der Waals surface area contributed by atoms with Crippen LogP contribution in [0.25, 0.3) is 0 Å². The second-order valence-electron chi connectivity index (χ2n) is 6.15. The van der Waals surface area contributed by atoms with Crippen molar-refractivity contribution in [3.8, 4) is 5.75 Å². The number of phenolic OH excluding ortho intramolecular Hbond substituents is 1. The molecule has 118 valence electrons. The van der Waals surface area contributed by atoms with Gasteiger partial charge >= 0.3 is 0 Å². The zero-order chi connectivity index (χ0) is 15.4. The summed E-state index contributed by atoms with van der Waals surface area (Å²) in [5, 5.41) is 15.5. The molecule has 22 heavy (non-hydrogen) atoms. The normalized spacial score (nSPS) is 19.4. The number of hydrogen-bond donors (Lipinski definition) is 2. The fourth-order valence-electron chi connectivity index (χ4n) is 3.10. The number of piperidine rings is 1. The lowest BCUT2D eigenvalue weighted by Crippen LogP contribution is -2.44. The molecule has 1 fully saturated rings. The minimum absolute atomic E-state index is 0.359. The maximum atomic E-state index is 9.58. The van der Waals surface area contributed by atoms with Crippen LogP contribution in [0, 0.1) is 6.92 Å². The minimum atomic E-state index is 0.359. The number of thiophene rings is 1. The molecule has 3 nitrogen and oxygen atoms in total. The highest BCUT2D eigenvalue weighted by Crippen LogP contribution is 2.19. The summed E-state index contributed by atoms with van der Waals surface area (Å²) >= 11 is 1.84. The number of aromatic hydroxyl groups is 1. The van der Waals surface area contributed by atoms with E-state index in [1.54, 1.807) is 6.07 Å². The van der Waals surface area contributed by atoms with E-state index in [4.69, 9.17) is 0 Å². The van der Waals surface area contributed by atoms with Crippen molar-refractivity contribution in [3.63, 3.8) is 0 Å². The fraction of sp³-hybridized carbons (Fsp3) is 0.444. The van der Waals surface area contributed by atoms with E-state index in [1.165, 1.54) is 28.8 Å². The second kappa shape index (κ2) is 7.27. The van der Waals surface area contributed by atoms with E-state index in [-0.39, 0.29) is 0 Å². The topological polar surface area (TPSA) is 35.5 Å². The number of likely N-dealkylation sites (tertiary alicyclic amines) is 1.